The summed E-state index contributed by atoms with van der Waals surface area (Å²) in [6, 6.07) is 2.61. The molecule has 3 nitrogen and oxygen atoms in total. The number of benzene rings is 1. The average molecular weight is 333 g/mol. The van der Waals surface area contributed by atoms with Crippen LogP contribution in [0.2, 0.25) is 10.0 Å². The number of carbonyl (C=O) groups excluding carboxylic acids is 1. The molecule has 6 heteroatoms. The van der Waals surface area contributed by atoms with E-state index in [1.165, 1.54) is 12.1 Å². The Morgan fingerprint density at radius 2 is 2.19 bits per heavy atom. The van der Waals surface area contributed by atoms with Gasteiger partial charge in [0.05, 0.1) is 15.6 Å². The molecule has 0 bridgehead atoms. The summed E-state index contributed by atoms with van der Waals surface area (Å²) in [5.74, 6) is -0.730. The summed E-state index contributed by atoms with van der Waals surface area (Å²) in [7, 11) is 0. The molecular weight excluding hydrogens is 314 g/mol. The van der Waals surface area contributed by atoms with Crippen molar-refractivity contribution in [3.05, 3.63) is 33.6 Å². The fraction of sp³-hybridized carbons (Fsp3) is 0.533. The van der Waals surface area contributed by atoms with Gasteiger partial charge < -0.3 is 10.2 Å². The van der Waals surface area contributed by atoms with Crippen LogP contribution in [0.25, 0.3) is 0 Å². The molecule has 1 aliphatic rings. The number of hydrogen-bond donors (Lipinski definition) is 1. The number of halogens is 3. The van der Waals surface area contributed by atoms with E-state index in [0.29, 0.717) is 6.54 Å². The zero-order valence-electron chi connectivity index (χ0n) is 12.1. The molecule has 1 aliphatic heterocycles. The minimum absolute atomic E-state index is 0.0126. The van der Waals surface area contributed by atoms with E-state index in [-0.39, 0.29) is 33.5 Å². The first-order valence-corrected chi connectivity index (χ1v) is 7.82. The van der Waals surface area contributed by atoms with Gasteiger partial charge in [0.25, 0.3) is 5.91 Å². The van der Waals surface area contributed by atoms with Gasteiger partial charge in [-0.2, -0.15) is 0 Å². The molecule has 0 spiro atoms. The maximum absolute atomic E-state index is 14.1. The quantitative estimate of drug-likeness (QED) is 0.854. The van der Waals surface area contributed by atoms with Crippen molar-refractivity contribution in [2.24, 2.45) is 5.92 Å². The van der Waals surface area contributed by atoms with E-state index in [1.54, 1.807) is 4.90 Å². The molecule has 1 amide bonds. The van der Waals surface area contributed by atoms with Crippen molar-refractivity contribution in [1.82, 2.24) is 10.2 Å². The predicted octanol–water partition coefficient (Wildman–Crippen LogP) is 3.59. The Morgan fingerprint density at radius 3 is 2.76 bits per heavy atom. The van der Waals surface area contributed by atoms with Gasteiger partial charge in [-0.15, -0.1) is 0 Å². The van der Waals surface area contributed by atoms with E-state index < -0.39 is 5.82 Å². The molecule has 1 N–H and O–H groups in total. The molecule has 1 saturated heterocycles. The van der Waals surface area contributed by atoms with Gasteiger partial charge in [-0.05, 0) is 31.0 Å². The standard InChI is InChI=1S/C15H19Cl2FN2O/c1-9(2)8-20(10-5-6-19-7-10)15(21)13-12(18)4-3-11(16)14(13)17/h3-4,9-10,19H,5-8H2,1-2H3. The first-order valence-electron chi connectivity index (χ1n) is 7.07. The number of carbonyl (C=O) groups is 1. The summed E-state index contributed by atoms with van der Waals surface area (Å²) in [4.78, 5) is 14.5. The topological polar surface area (TPSA) is 32.3 Å². The van der Waals surface area contributed by atoms with Crippen LogP contribution in [0.3, 0.4) is 0 Å². The van der Waals surface area contributed by atoms with Crippen molar-refractivity contribution in [2.45, 2.75) is 26.3 Å². The summed E-state index contributed by atoms with van der Waals surface area (Å²) in [5.41, 5.74) is -0.128. The summed E-state index contributed by atoms with van der Waals surface area (Å²) >= 11 is 12.0. The summed E-state index contributed by atoms with van der Waals surface area (Å²) < 4.78 is 14.1. The van der Waals surface area contributed by atoms with Gasteiger partial charge >= 0.3 is 0 Å². The third-order valence-electron chi connectivity index (χ3n) is 3.56. The molecule has 21 heavy (non-hydrogen) atoms. The second-order valence-corrected chi connectivity index (χ2v) is 6.50. The maximum atomic E-state index is 14.1. The van der Waals surface area contributed by atoms with Gasteiger partial charge in [0.15, 0.2) is 0 Å². The van der Waals surface area contributed by atoms with E-state index in [9.17, 15) is 9.18 Å². The van der Waals surface area contributed by atoms with E-state index in [4.69, 9.17) is 23.2 Å². The smallest absolute Gasteiger partial charge is 0.258 e. The van der Waals surface area contributed by atoms with Crippen molar-refractivity contribution in [2.75, 3.05) is 19.6 Å². The summed E-state index contributed by atoms with van der Waals surface area (Å²) in [6.45, 7) is 6.20. The number of hydrogen-bond acceptors (Lipinski definition) is 2. The Balaban J connectivity index is 2.36. The van der Waals surface area contributed by atoms with Gasteiger partial charge in [-0.25, -0.2) is 4.39 Å². The zero-order valence-corrected chi connectivity index (χ0v) is 13.6. The van der Waals surface area contributed by atoms with Gasteiger partial charge in [0, 0.05) is 19.1 Å². The molecule has 1 heterocycles. The third-order valence-corrected chi connectivity index (χ3v) is 4.36. The average Bonchev–Trinajstić information content (AvgIpc) is 2.94. The fourth-order valence-corrected chi connectivity index (χ4v) is 2.95. The fourth-order valence-electron chi connectivity index (χ4n) is 2.56. The minimum atomic E-state index is -0.630. The first kappa shape index (κ1) is 16.5. The second kappa shape index (κ2) is 6.95. The van der Waals surface area contributed by atoms with Crippen LogP contribution in [0, 0.1) is 11.7 Å². The van der Waals surface area contributed by atoms with Crippen LogP contribution in [0.1, 0.15) is 30.6 Å². The van der Waals surface area contributed by atoms with Gasteiger partial charge in [0.2, 0.25) is 0 Å². The van der Waals surface area contributed by atoms with Crippen molar-refractivity contribution in [3.8, 4) is 0 Å². The van der Waals surface area contributed by atoms with Crippen LogP contribution < -0.4 is 5.32 Å². The number of amides is 1. The molecule has 1 aromatic carbocycles. The molecule has 0 radical (unpaired) electrons. The Kier molecular flexibility index (Phi) is 5.47. The van der Waals surface area contributed by atoms with Gasteiger partial charge in [-0.3, -0.25) is 4.79 Å². The van der Waals surface area contributed by atoms with Crippen molar-refractivity contribution in [1.29, 1.82) is 0 Å². The number of nitrogens with one attached hydrogen (secondary N) is 1. The Labute approximate surface area is 134 Å². The lowest BCUT2D eigenvalue weighted by molar-refractivity contribution is 0.0662. The van der Waals surface area contributed by atoms with E-state index in [1.807, 2.05) is 13.8 Å². The number of rotatable bonds is 4. The summed E-state index contributed by atoms with van der Waals surface area (Å²) in [5, 5.41) is 3.40. The Hall–Kier alpha value is -0.840. The van der Waals surface area contributed by atoms with Gasteiger partial charge in [-0.1, -0.05) is 37.0 Å². The highest BCUT2D eigenvalue weighted by Crippen LogP contribution is 2.30. The van der Waals surface area contributed by atoms with Crippen LogP contribution in [-0.2, 0) is 0 Å². The second-order valence-electron chi connectivity index (χ2n) is 5.72. The molecule has 2 rings (SSSR count). The van der Waals surface area contributed by atoms with Crippen LogP contribution in [-0.4, -0.2) is 36.5 Å². The summed E-state index contributed by atoms with van der Waals surface area (Å²) in [6.07, 6.45) is 0.859. The largest absolute Gasteiger partial charge is 0.334 e. The Bertz CT molecular complexity index is 531. The molecule has 116 valence electrons. The molecule has 1 atom stereocenters. The predicted molar refractivity (Wildman–Crippen MR) is 83.6 cm³/mol. The highest BCUT2D eigenvalue weighted by atomic mass is 35.5. The van der Waals surface area contributed by atoms with Crippen LogP contribution in [0.4, 0.5) is 4.39 Å². The van der Waals surface area contributed by atoms with Crippen molar-refractivity contribution >= 4 is 29.1 Å². The molecular formula is C15H19Cl2FN2O. The molecule has 1 fully saturated rings. The SMILES string of the molecule is CC(C)CN(C(=O)c1c(F)ccc(Cl)c1Cl)C1CCNC1. The van der Waals surface area contributed by atoms with E-state index in [0.717, 1.165) is 19.5 Å². The minimum Gasteiger partial charge on any atom is -0.334 e. The monoisotopic (exact) mass is 332 g/mol. The van der Waals surface area contributed by atoms with Crippen molar-refractivity contribution < 1.29 is 9.18 Å². The first-order chi connectivity index (χ1) is 9.91. The molecule has 1 unspecified atom stereocenters. The lowest BCUT2D eigenvalue weighted by Crippen LogP contribution is -2.44. The Morgan fingerprint density at radius 1 is 1.48 bits per heavy atom. The zero-order chi connectivity index (χ0) is 15.6. The molecule has 0 aliphatic carbocycles. The highest BCUT2D eigenvalue weighted by molar-refractivity contribution is 6.43. The third kappa shape index (κ3) is 3.68. The normalized spacial score (nSPS) is 18.3. The molecule has 0 aromatic heterocycles. The molecule has 1 aromatic rings. The van der Waals surface area contributed by atoms with Gasteiger partial charge in [0.1, 0.15) is 5.82 Å². The van der Waals surface area contributed by atoms with Crippen LogP contribution in [0.15, 0.2) is 12.1 Å². The van der Waals surface area contributed by atoms with Crippen LogP contribution >= 0.6 is 23.2 Å². The van der Waals surface area contributed by atoms with Crippen molar-refractivity contribution in [3.63, 3.8) is 0 Å². The highest BCUT2D eigenvalue weighted by Gasteiger charge is 2.31. The van der Waals surface area contributed by atoms with Crippen LogP contribution in [0.5, 0.6) is 0 Å². The van der Waals surface area contributed by atoms with E-state index >= 15 is 0 Å². The maximum Gasteiger partial charge on any atom is 0.258 e. The number of nitrogens with zero attached hydrogens (tertiary/aromatic N) is 1. The molecule has 0 saturated carbocycles. The van der Waals surface area contributed by atoms with E-state index in [2.05, 4.69) is 5.32 Å². The lowest BCUT2D eigenvalue weighted by Gasteiger charge is -2.30. The lowest BCUT2D eigenvalue weighted by atomic mass is 10.1.